The zero-order valence-electron chi connectivity index (χ0n) is 7.24. The van der Waals surface area contributed by atoms with Crippen molar-refractivity contribution in [3.8, 4) is 12.3 Å². The maximum atomic E-state index is 10.7. The van der Waals surface area contributed by atoms with E-state index in [9.17, 15) is 4.79 Å². The summed E-state index contributed by atoms with van der Waals surface area (Å²) in [5, 5.41) is 9.54. The molecule has 0 aliphatic carbocycles. The van der Waals surface area contributed by atoms with E-state index in [4.69, 9.17) is 11.5 Å². The van der Waals surface area contributed by atoms with Gasteiger partial charge in [0.05, 0.1) is 0 Å². The molecule has 0 spiro atoms. The van der Waals surface area contributed by atoms with Crippen molar-refractivity contribution in [2.24, 2.45) is 0 Å². The van der Waals surface area contributed by atoms with E-state index in [1.807, 2.05) is 0 Å². The molecule has 0 fully saturated rings. The summed E-state index contributed by atoms with van der Waals surface area (Å²) < 4.78 is 0. The fourth-order valence-corrected chi connectivity index (χ4v) is 1.40. The minimum absolute atomic E-state index is 0.155. The van der Waals surface area contributed by atoms with Gasteiger partial charge in [0.25, 0.3) is 0 Å². The van der Waals surface area contributed by atoms with Gasteiger partial charge in [0.1, 0.15) is 5.69 Å². The molecule has 14 heavy (non-hydrogen) atoms. The Morgan fingerprint density at radius 1 is 1.50 bits per heavy atom. The predicted octanol–water partition coefficient (Wildman–Crippen LogP) is 1.85. The highest BCUT2D eigenvalue weighted by Crippen LogP contribution is 2.19. The lowest BCUT2D eigenvalue weighted by molar-refractivity contribution is 0.0691. The number of aromatic nitrogens is 1. The normalized spacial score (nSPS) is 9.93. The van der Waals surface area contributed by atoms with Crippen molar-refractivity contribution in [2.45, 2.75) is 0 Å². The molecule has 0 saturated carbocycles. The van der Waals surface area contributed by atoms with E-state index in [1.165, 1.54) is 0 Å². The molecule has 0 radical (unpaired) electrons. The number of carbonyl (C=O) groups is 1. The molecule has 0 unspecified atom stereocenters. The fourth-order valence-electron chi connectivity index (χ4n) is 1.40. The molecule has 2 N–H and O–H groups in total. The second kappa shape index (κ2) is 2.93. The van der Waals surface area contributed by atoms with Gasteiger partial charge in [0.15, 0.2) is 0 Å². The maximum Gasteiger partial charge on any atom is 0.352 e. The Morgan fingerprint density at radius 3 is 2.93 bits per heavy atom. The van der Waals surface area contributed by atoms with E-state index in [0.29, 0.717) is 5.56 Å². The van der Waals surface area contributed by atoms with E-state index >= 15 is 0 Å². The number of carboxylic acids is 1. The molecule has 0 aliphatic heterocycles. The summed E-state index contributed by atoms with van der Waals surface area (Å²) in [6.45, 7) is 0. The number of terminal acetylenes is 1. The molecule has 1 aromatic heterocycles. The quantitative estimate of drug-likeness (QED) is 0.666. The van der Waals surface area contributed by atoms with E-state index in [2.05, 4.69) is 10.9 Å². The SMILES string of the molecule is C#Cc1cccc2[nH]c(C(=O)O)cc12. The lowest BCUT2D eigenvalue weighted by Crippen LogP contribution is -1.94. The number of aromatic carboxylic acids is 1. The number of H-pyrrole nitrogens is 1. The van der Waals surface area contributed by atoms with Gasteiger partial charge in [-0.1, -0.05) is 12.0 Å². The van der Waals surface area contributed by atoms with Crippen LogP contribution in [-0.4, -0.2) is 16.1 Å². The van der Waals surface area contributed by atoms with Crippen molar-refractivity contribution in [2.75, 3.05) is 0 Å². The molecule has 3 heteroatoms. The minimum atomic E-state index is -0.982. The monoisotopic (exact) mass is 185 g/mol. The first-order chi connectivity index (χ1) is 6.72. The molecule has 2 aromatic rings. The Balaban J connectivity index is 2.78. The van der Waals surface area contributed by atoms with Gasteiger partial charge >= 0.3 is 5.97 Å². The van der Waals surface area contributed by atoms with Crippen LogP contribution < -0.4 is 0 Å². The van der Waals surface area contributed by atoms with Crippen LogP contribution in [0, 0.1) is 12.3 Å². The molecule has 3 nitrogen and oxygen atoms in total. The number of aromatic amines is 1. The molecule has 1 aromatic carbocycles. The van der Waals surface area contributed by atoms with Crippen LogP contribution in [0.3, 0.4) is 0 Å². The molecule has 1 heterocycles. The predicted molar refractivity (Wildman–Crippen MR) is 53.2 cm³/mol. The second-order valence-corrected chi connectivity index (χ2v) is 2.90. The van der Waals surface area contributed by atoms with Crippen molar-refractivity contribution >= 4 is 16.9 Å². The van der Waals surface area contributed by atoms with Crippen LogP contribution >= 0.6 is 0 Å². The first-order valence-corrected chi connectivity index (χ1v) is 4.04. The number of carboxylic acid groups (broad SMARTS) is 1. The van der Waals surface area contributed by atoms with E-state index in [0.717, 1.165) is 10.9 Å². The van der Waals surface area contributed by atoms with Crippen molar-refractivity contribution in [1.29, 1.82) is 0 Å². The molecular formula is C11H7NO2. The van der Waals surface area contributed by atoms with Crippen LogP contribution in [0.25, 0.3) is 10.9 Å². The molecule has 68 valence electrons. The van der Waals surface area contributed by atoms with Crippen LogP contribution in [0.2, 0.25) is 0 Å². The number of hydrogen-bond donors (Lipinski definition) is 2. The smallest absolute Gasteiger partial charge is 0.352 e. The third-order valence-electron chi connectivity index (χ3n) is 2.05. The minimum Gasteiger partial charge on any atom is -0.477 e. The zero-order chi connectivity index (χ0) is 10.1. The van der Waals surface area contributed by atoms with Crippen molar-refractivity contribution < 1.29 is 9.90 Å². The summed E-state index contributed by atoms with van der Waals surface area (Å²) in [4.78, 5) is 13.5. The van der Waals surface area contributed by atoms with E-state index in [-0.39, 0.29) is 5.69 Å². The molecule has 0 aliphatic rings. The maximum absolute atomic E-state index is 10.7. The van der Waals surface area contributed by atoms with Gasteiger partial charge in [-0.3, -0.25) is 0 Å². The summed E-state index contributed by atoms with van der Waals surface area (Å²) >= 11 is 0. The first-order valence-electron chi connectivity index (χ1n) is 4.04. The zero-order valence-corrected chi connectivity index (χ0v) is 7.24. The van der Waals surface area contributed by atoms with Gasteiger partial charge in [-0.15, -0.1) is 6.42 Å². The van der Waals surface area contributed by atoms with E-state index in [1.54, 1.807) is 24.3 Å². The van der Waals surface area contributed by atoms with Gasteiger partial charge in [-0.05, 0) is 18.2 Å². The van der Waals surface area contributed by atoms with Crippen molar-refractivity contribution in [1.82, 2.24) is 4.98 Å². The number of benzene rings is 1. The van der Waals surface area contributed by atoms with E-state index < -0.39 is 5.97 Å². The highest BCUT2D eigenvalue weighted by atomic mass is 16.4. The Bertz CT molecular complexity index is 546. The number of hydrogen-bond acceptors (Lipinski definition) is 1. The Labute approximate surface area is 80.4 Å². The highest BCUT2D eigenvalue weighted by molar-refractivity contribution is 5.95. The van der Waals surface area contributed by atoms with Gasteiger partial charge in [-0.2, -0.15) is 0 Å². The Kier molecular flexibility index (Phi) is 1.76. The summed E-state index contributed by atoms with van der Waals surface area (Å²) in [6, 6.07) is 6.91. The topological polar surface area (TPSA) is 53.1 Å². The fraction of sp³-hybridized carbons (Fsp3) is 0. The lowest BCUT2D eigenvalue weighted by atomic mass is 10.1. The second-order valence-electron chi connectivity index (χ2n) is 2.90. The van der Waals surface area contributed by atoms with Crippen molar-refractivity contribution in [3.05, 3.63) is 35.5 Å². The summed E-state index contributed by atoms with van der Waals surface area (Å²) in [5.41, 5.74) is 1.60. The summed E-state index contributed by atoms with van der Waals surface area (Å²) in [5.74, 6) is 1.53. The number of rotatable bonds is 1. The van der Waals surface area contributed by atoms with Gasteiger partial charge in [-0.25, -0.2) is 4.79 Å². The Hall–Kier alpha value is -2.21. The van der Waals surface area contributed by atoms with Crippen LogP contribution in [0.15, 0.2) is 24.3 Å². The summed E-state index contributed by atoms with van der Waals surface area (Å²) in [7, 11) is 0. The molecule has 0 bridgehead atoms. The largest absolute Gasteiger partial charge is 0.477 e. The average molecular weight is 185 g/mol. The molecule has 0 atom stereocenters. The first kappa shape index (κ1) is 8.39. The molecule has 2 rings (SSSR count). The molecular weight excluding hydrogens is 178 g/mol. The lowest BCUT2D eigenvalue weighted by Gasteiger charge is -1.91. The molecule has 0 amide bonds. The van der Waals surface area contributed by atoms with Gasteiger partial charge in [0.2, 0.25) is 0 Å². The van der Waals surface area contributed by atoms with Gasteiger partial charge in [0, 0.05) is 16.5 Å². The summed E-state index contributed by atoms with van der Waals surface area (Å²) in [6.07, 6.45) is 5.29. The number of nitrogens with one attached hydrogen (secondary N) is 1. The standard InChI is InChI=1S/C11H7NO2/c1-2-7-4-3-5-9-8(7)6-10(12-9)11(13)14/h1,3-6,12H,(H,13,14). The third kappa shape index (κ3) is 1.14. The average Bonchev–Trinajstić information content (AvgIpc) is 2.60. The Morgan fingerprint density at radius 2 is 2.29 bits per heavy atom. The van der Waals surface area contributed by atoms with Crippen LogP contribution in [0.1, 0.15) is 16.1 Å². The van der Waals surface area contributed by atoms with Crippen LogP contribution in [0.5, 0.6) is 0 Å². The highest BCUT2D eigenvalue weighted by Gasteiger charge is 2.08. The van der Waals surface area contributed by atoms with Crippen LogP contribution in [-0.2, 0) is 0 Å². The molecule has 0 saturated heterocycles. The number of fused-ring (bicyclic) bond motifs is 1. The van der Waals surface area contributed by atoms with Crippen LogP contribution in [0.4, 0.5) is 0 Å². The van der Waals surface area contributed by atoms with Gasteiger partial charge < -0.3 is 10.1 Å². The van der Waals surface area contributed by atoms with Crippen molar-refractivity contribution in [3.63, 3.8) is 0 Å². The third-order valence-corrected chi connectivity index (χ3v) is 2.05.